The van der Waals surface area contributed by atoms with E-state index in [0.717, 1.165) is 13.1 Å². The van der Waals surface area contributed by atoms with Gasteiger partial charge < -0.3 is 5.73 Å². The zero-order valence-electron chi connectivity index (χ0n) is 7.47. The molecule has 0 radical (unpaired) electrons. The van der Waals surface area contributed by atoms with Crippen LogP contribution in [-0.2, 0) is 0 Å². The van der Waals surface area contributed by atoms with Gasteiger partial charge in [-0.2, -0.15) is 0 Å². The Morgan fingerprint density at radius 2 is 2.09 bits per heavy atom. The predicted molar refractivity (Wildman–Crippen MR) is 53.8 cm³/mol. The summed E-state index contributed by atoms with van der Waals surface area (Å²) in [5, 5.41) is 0. The fourth-order valence-electron chi connectivity index (χ4n) is 0.977. The molecular formula is C8H18N2S. The zero-order valence-corrected chi connectivity index (χ0v) is 8.28. The van der Waals surface area contributed by atoms with Gasteiger partial charge in [0.1, 0.15) is 0 Å². The molecule has 0 atom stereocenters. The van der Waals surface area contributed by atoms with Crippen LogP contribution in [-0.4, -0.2) is 30.0 Å². The molecule has 0 fully saturated rings. The van der Waals surface area contributed by atoms with Crippen molar-refractivity contribution >= 4 is 17.2 Å². The first-order valence-corrected chi connectivity index (χ1v) is 4.54. The van der Waals surface area contributed by atoms with Crippen LogP contribution in [0.15, 0.2) is 0 Å². The molecule has 0 aromatic carbocycles. The Hall–Kier alpha value is -0.150. The van der Waals surface area contributed by atoms with E-state index in [1.807, 2.05) is 0 Å². The summed E-state index contributed by atoms with van der Waals surface area (Å²) in [6.45, 7) is 4.05. The lowest BCUT2D eigenvalue weighted by atomic mass is 10.2. The van der Waals surface area contributed by atoms with E-state index >= 15 is 0 Å². The molecule has 2 N–H and O–H groups in total. The molecule has 0 aromatic rings. The highest BCUT2D eigenvalue weighted by Gasteiger charge is 1.97. The summed E-state index contributed by atoms with van der Waals surface area (Å²) in [6, 6.07) is 0. The van der Waals surface area contributed by atoms with E-state index in [1.54, 1.807) is 0 Å². The highest BCUT2D eigenvalue weighted by atomic mass is 32.1. The molecule has 0 unspecified atom stereocenters. The number of nitrogens with zero attached hydrogens (tertiary/aromatic N) is 1. The summed E-state index contributed by atoms with van der Waals surface area (Å²) >= 11 is 4.79. The number of hydrogen-bond donors (Lipinski definition) is 1. The molecule has 66 valence electrons. The van der Waals surface area contributed by atoms with Gasteiger partial charge in [-0.25, -0.2) is 0 Å². The number of rotatable bonds is 6. The summed E-state index contributed by atoms with van der Waals surface area (Å²) in [5.74, 6) is 0. The van der Waals surface area contributed by atoms with Crippen LogP contribution in [0.1, 0.15) is 26.2 Å². The maximum absolute atomic E-state index is 5.39. The second-order valence-electron chi connectivity index (χ2n) is 2.91. The van der Waals surface area contributed by atoms with E-state index in [-0.39, 0.29) is 0 Å². The smallest absolute Gasteiger partial charge is 0.0869 e. The SMILES string of the molecule is CCCCCN(C)CC(N)=S. The van der Waals surface area contributed by atoms with Crippen molar-refractivity contribution < 1.29 is 0 Å². The molecule has 0 saturated heterocycles. The van der Waals surface area contributed by atoms with Gasteiger partial charge in [0.25, 0.3) is 0 Å². The molecule has 11 heavy (non-hydrogen) atoms. The average Bonchev–Trinajstić information content (AvgIpc) is 1.86. The van der Waals surface area contributed by atoms with Gasteiger partial charge in [0.2, 0.25) is 0 Å². The molecule has 0 rings (SSSR count). The average molecular weight is 174 g/mol. The van der Waals surface area contributed by atoms with E-state index in [0.29, 0.717) is 4.99 Å². The molecule has 0 aliphatic heterocycles. The highest BCUT2D eigenvalue weighted by molar-refractivity contribution is 7.80. The number of nitrogens with two attached hydrogens (primary N) is 1. The first kappa shape index (κ1) is 10.8. The van der Waals surface area contributed by atoms with Gasteiger partial charge in [-0.05, 0) is 20.0 Å². The van der Waals surface area contributed by atoms with Gasteiger partial charge in [0, 0.05) is 6.54 Å². The summed E-state index contributed by atoms with van der Waals surface area (Å²) in [5.41, 5.74) is 5.39. The van der Waals surface area contributed by atoms with Crippen molar-refractivity contribution in [2.75, 3.05) is 20.1 Å². The third-order valence-electron chi connectivity index (χ3n) is 1.57. The maximum Gasteiger partial charge on any atom is 0.0869 e. The van der Waals surface area contributed by atoms with E-state index in [2.05, 4.69) is 18.9 Å². The van der Waals surface area contributed by atoms with Crippen molar-refractivity contribution in [3.05, 3.63) is 0 Å². The van der Waals surface area contributed by atoms with Crippen LogP contribution in [0.2, 0.25) is 0 Å². The molecule has 0 aromatic heterocycles. The van der Waals surface area contributed by atoms with Gasteiger partial charge in [-0.3, -0.25) is 4.90 Å². The Bertz CT molecular complexity index is 115. The van der Waals surface area contributed by atoms with Crippen LogP contribution in [0.4, 0.5) is 0 Å². The quantitative estimate of drug-likeness (QED) is 0.487. The predicted octanol–water partition coefficient (Wildman–Crippen LogP) is 1.39. The first-order valence-electron chi connectivity index (χ1n) is 4.13. The molecule has 0 spiro atoms. The van der Waals surface area contributed by atoms with Crippen molar-refractivity contribution in [1.29, 1.82) is 0 Å². The Kier molecular flexibility index (Phi) is 6.46. The highest BCUT2D eigenvalue weighted by Crippen LogP contribution is 1.95. The van der Waals surface area contributed by atoms with Crippen LogP contribution >= 0.6 is 12.2 Å². The lowest BCUT2D eigenvalue weighted by Crippen LogP contribution is -2.30. The maximum atomic E-state index is 5.39. The van der Waals surface area contributed by atoms with Gasteiger partial charge in [0.05, 0.1) is 4.99 Å². The lowest BCUT2D eigenvalue weighted by Gasteiger charge is -2.14. The van der Waals surface area contributed by atoms with Gasteiger partial charge in [-0.1, -0.05) is 32.0 Å². The zero-order chi connectivity index (χ0) is 8.69. The Morgan fingerprint density at radius 1 is 1.45 bits per heavy atom. The Morgan fingerprint density at radius 3 is 2.55 bits per heavy atom. The second-order valence-corrected chi connectivity index (χ2v) is 3.44. The number of hydrogen-bond acceptors (Lipinski definition) is 2. The molecular weight excluding hydrogens is 156 g/mol. The van der Waals surface area contributed by atoms with Crippen LogP contribution in [0.5, 0.6) is 0 Å². The van der Waals surface area contributed by atoms with Gasteiger partial charge in [0.15, 0.2) is 0 Å². The first-order chi connectivity index (χ1) is 5.16. The molecule has 0 aliphatic rings. The molecule has 0 saturated carbocycles. The molecule has 0 aliphatic carbocycles. The summed E-state index contributed by atoms with van der Waals surface area (Å²) in [4.78, 5) is 2.75. The fraction of sp³-hybridized carbons (Fsp3) is 0.875. The van der Waals surface area contributed by atoms with Gasteiger partial charge in [-0.15, -0.1) is 0 Å². The lowest BCUT2D eigenvalue weighted by molar-refractivity contribution is 0.369. The van der Waals surface area contributed by atoms with Gasteiger partial charge >= 0.3 is 0 Å². The number of likely N-dealkylation sites (N-methyl/N-ethyl adjacent to an activating group) is 1. The molecule has 3 heteroatoms. The molecule has 0 amide bonds. The van der Waals surface area contributed by atoms with Crippen LogP contribution in [0.3, 0.4) is 0 Å². The summed E-state index contributed by atoms with van der Waals surface area (Å²) < 4.78 is 0. The summed E-state index contributed by atoms with van der Waals surface area (Å²) in [7, 11) is 2.05. The van der Waals surface area contributed by atoms with Crippen molar-refractivity contribution in [1.82, 2.24) is 4.90 Å². The fourth-order valence-corrected chi connectivity index (χ4v) is 1.20. The van der Waals surface area contributed by atoms with Crippen molar-refractivity contribution in [2.45, 2.75) is 26.2 Å². The third-order valence-corrected chi connectivity index (χ3v) is 1.70. The van der Waals surface area contributed by atoms with Crippen LogP contribution in [0, 0.1) is 0 Å². The number of unbranched alkanes of at least 4 members (excludes halogenated alkanes) is 2. The second kappa shape index (κ2) is 6.55. The number of thiocarbonyl (C=S) groups is 1. The standard InChI is InChI=1S/C8H18N2S/c1-3-4-5-6-10(2)7-8(9)11/h3-7H2,1-2H3,(H2,9,11). The Labute approximate surface area is 74.8 Å². The van der Waals surface area contributed by atoms with E-state index in [4.69, 9.17) is 18.0 Å². The minimum Gasteiger partial charge on any atom is -0.392 e. The van der Waals surface area contributed by atoms with E-state index in [1.165, 1.54) is 19.3 Å². The van der Waals surface area contributed by atoms with Crippen LogP contribution < -0.4 is 5.73 Å². The molecule has 0 heterocycles. The minimum absolute atomic E-state index is 0.587. The Balaban J connectivity index is 3.22. The molecule has 2 nitrogen and oxygen atoms in total. The van der Waals surface area contributed by atoms with Crippen molar-refractivity contribution in [3.8, 4) is 0 Å². The third kappa shape index (κ3) is 7.75. The van der Waals surface area contributed by atoms with E-state index in [9.17, 15) is 0 Å². The van der Waals surface area contributed by atoms with Crippen molar-refractivity contribution in [3.63, 3.8) is 0 Å². The topological polar surface area (TPSA) is 29.3 Å². The van der Waals surface area contributed by atoms with Crippen LogP contribution in [0.25, 0.3) is 0 Å². The summed E-state index contributed by atoms with van der Waals surface area (Å²) in [6.07, 6.45) is 3.80. The normalized spacial score (nSPS) is 10.5. The van der Waals surface area contributed by atoms with E-state index < -0.39 is 0 Å². The largest absolute Gasteiger partial charge is 0.392 e. The minimum atomic E-state index is 0.587. The molecule has 0 bridgehead atoms. The monoisotopic (exact) mass is 174 g/mol. The van der Waals surface area contributed by atoms with Crippen molar-refractivity contribution in [2.24, 2.45) is 5.73 Å².